The van der Waals surface area contributed by atoms with Gasteiger partial charge in [-0.3, -0.25) is 4.79 Å². The third-order valence-corrected chi connectivity index (χ3v) is 3.97. The number of methoxy groups -OCH3 is 1. The number of carbonyl (C=O) groups is 1. The largest absolute Gasteiger partial charge is 0.496 e. The van der Waals surface area contributed by atoms with E-state index < -0.39 is 0 Å². The molecule has 0 saturated carbocycles. The molecule has 1 heterocycles. The quantitative estimate of drug-likeness (QED) is 0.613. The van der Waals surface area contributed by atoms with E-state index in [1.54, 1.807) is 13.4 Å². The first kappa shape index (κ1) is 13.7. The highest BCUT2D eigenvalue weighted by Gasteiger charge is 2.13. The van der Waals surface area contributed by atoms with E-state index in [4.69, 9.17) is 9.15 Å². The molecule has 4 heteroatoms. The Balaban J connectivity index is 2.10. The second-order valence-corrected chi connectivity index (χ2v) is 5.27. The van der Waals surface area contributed by atoms with Crippen LogP contribution in [0.25, 0.3) is 0 Å². The van der Waals surface area contributed by atoms with Crippen molar-refractivity contribution in [2.45, 2.75) is 18.7 Å². The highest BCUT2D eigenvalue weighted by Crippen LogP contribution is 2.26. The van der Waals surface area contributed by atoms with Gasteiger partial charge in [0.05, 0.1) is 24.7 Å². The number of benzene rings is 1. The van der Waals surface area contributed by atoms with Gasteiger partial charge in [0.1, 0.15) is 11.5 Å². The third kappa shape index (κ3) is 3.20. The molecule has 2 aromatic rings. The maximum absolute atomic E-state index is 12.2. The van der Waals surface area contributed by atoms with Gasteiger partial charge in [0.25, 0.3) is 0 Å². The molecule has 0 amide bonds. The first-order valence-electron chi connectivity index (χ1n) is 5.96. The molecule has 100 valence electrons. The van der Waals surface area contributed by atoms with Gasteiger partial charge in [-0.1, -0.05) is 6.07 Å². The van der Waals surface area contributed by atoms with Crippen LogP contribution < -0.4 is 4.74 Å². The van der Waals surface area contributed by atoms with E-state index in [1.165, 1.54) is 11.8 Å². The van der Waals surface area contributed by atoms with Gasteiger partial charge >= 0.3 is 0 Å². The number of ketones is 1. The van der Waals surface area contributed by atoms with Crippen molar-refractivity contribution in [3.63, 3.8) is 0 Å². The van der Waals surface area contributed by atoms with E-state index in [1.807, 2.05) is 38.1 Å². The maximum Gasteiger partial charge on any atom is 0.176 e. The zero-order valence-corrected chi connectivity index (χ0v) is 12.0. The molecule has 19 heavy (non-hydrogen) atoms. The number of hydrogen-bond acceptors (Lipinski definition) is 4. The minimum Gasteiger partial charge on any atom is -0.496 e. The second-order valence-electron chi connectivity index (χ2n) is 4.26. The number of aryl methyl sites for hydroxylation is 2. The van der Waals surface area contributed by atoms with E-state index in [0.717, 1.165) is 16.2 Å². The second kappa shape index (κ2) is 5.97. The zero-order valence-electron chi connectivity index (χ0n) is 11.2. The standard InChI is InChI=1S/C15H16O3S/c1-10-4-5-12(14(8-10)17-3)13(16)9-19-15-6-7-18-11(15)2/h4-8H,9H2,1-3H3. The Morgan fingerprint density at radius 1 is 1.32 bits per heavy atom. The Hall–Kier alpha value is -1.68. The molecular weight excluding hydrogens is 260 g/mol. The number of hydrogen-bond donors (Lipinski definition) is 0. The predicted molar refractivity (Wildman–Crippen MR) is 76.2 cm³/mol. The summed E-state index contributed by atoms with van der Waals surface area (Å²) in [6.45, 7) is 3.86. The number of Topliss-reactive ketones (excluding diaryl/α,β-unsaturated/α-hetero) is 1. The fourth-order valence-corrected chi connectivity index (χ4v) is 2.62. The van der Waals surface area contributed by atoms with Crippen LogP contribution in [0.1, 0.15) is 21.7 Å². The van der Waals surface area contributed by atoms with Crippen molar-refractivity contribution in [2.75, 3.05) is 12.9 Å². The fourth-order valence-electron chi connectivity index (χ4n) is 1.77. The minimum absolute atomic E-state index is 0.0578. The normalized spacial score (nSPS) is 10.5. The van der Waals surface area contributed by atoms with Gasteiger partial charge in [-0.2, -0.15) is 0 Å². The lowest BCUT2D eigenvalue weighted by molar-refractivity contribution is 0.101. The average molecular weight is 276 g/mol. The molecule has 0 atom stereocenters. The van der Waals surface area contributed by atoms with Crippen molar-refractivity contribution in [1.29, 1.82) is 0 Å². The summed E-state index contributed by atoms with van der Waals surface area (Å²) < 4.78 is 10.5. The molecule has 0 aliphatic heterocycles. The van der Waals surface area contributed by atoms with Crippen LogP contribution in [0, 0.1) is 13.8 Å². The van der Waals surface area contributed by atoms with E-state index >= 15 is 0 Å². The summed E-state index contributed by atoms with van der Waals surface area (Å²) in [5.41, 5.74) is 1.70. The van der Waals surface area contributed by atoms with Gasteiger partial charge in [0.2, 0.25) is 0 Å². The molecule has 2 rings (SSSR count). The molecule has 0 N–H and O–H groups in total. The lowest BCUT2D eigenvalue weighted by atomic mass is 10.1. The van der Waals surface area contributed by atoms with Gasteiger partial charge < -0.3 is 9.15 Å². The Bertz CT molecular complexity index is 587. The molecule has 1 aromatic carbocycles. The van der Waals surface area contributed by atoms with Crippen LogP contribution in [-0.2, 0) is 0 Å². The molecular formula is C15H16O3S. The molecule has 0 fully saturated rings. The SMILES string of the molecule is COc1cc(C)ccc1C(=O)CSc1ccoc1C. The summed E-state index contributed by atoms with van der Waals surface area (Å²) in [4.78, 5) is 13.2. The Morgan fingerprint density at radius 2 is 2.11 bits per heavy atom. The van der Waals surface area contributed by atoms with Crippen LogP contribution >= 0.6 is 11.8 Å². The van der Waals surface area contributed by atoms with Gasteiger partial charge in [-0.25, -0.2) is 0 Å². The van der Waals surface area contributed by atoms with Gasteiger partial charge in [-0.15, -0.1) is 11.8 Å². The van der Waals surface area contributed by atoms with E-state index in [0.29, 0.717) is 17.1 Å². The van der Waals surface area contributed by atoms with E-state index in [-0.39, 0.29) is 5.78 Å². The number of carbonyl (C=O) groups excluding carboxylic acids is 1. The first-order chi connectivity index (χ1) is 9.11. The summed E-state index contributed by atoms with van der Waals surface area (Å²) in [7, 11) is 1.58. The fraction of sp³-hybridized carbons (Fsp3) is 0.267. The highest BCUT2D eigenvalue weighted by atomic mass is 32.2. The number of thioether (sulfide) groups is 1. The summed E-state index contributed by atoms with van der Waals surface area (Å²) >= 11 is 1.48. The number of ether oxygens (including phenoxy) is 1. The lowest BCUT2D eigenvalue weighted by Gasteiger charge is -2.08. The van der Waals surface area contributed by atoms with Crippen molar-refractivity contribution < 1.29 is 13.9 Å². The molecule has 0 spiro atoms. The monoisotopic (exact) mass is 276 g/mol. The topological polar surface area (TPSA) is 39.4 Å². The highest BCUT2D eigenvalue weighted by molar-refractivity contribution is 8.00. The van der Waals surface area contributed by atoms with Crippen molar-refractivity contribution in [3.8, 4) is 5.75 Å². The molecule has 0 radical (unpaired) electrons. The summed E-state index contributed by atoms with van der Waals surface area (Å²) in [6.07, 6.45) is 1.63. The summed E-state index contributed by atoms with van der Waals surface area (Å²) in [5.74, 6) is 1.91. The van der Waals surface area contributed by atoms with E-state index in [2.05, 4.69) is 0 Å². The summed E-state index contributed by atoms with van der Waals surface area (Å²) in [6, 6.07) is 7.49. The molecule has 1 aromatic heterocycles. The predicted octanol–water partition coefficient (Wildman–Crippen LogP) is 3.88. The Labute approximate surface area is 117 Å². The average Bonchev–Trinajstić information content (AvgIpc) is 2.81. The van der Waals surface area contributed by atoms with Gasteiger partial charge in [0.15, 0.2) is 5.78 Å². The number of rotatable bonds is 5. The van der Waals surface area contributed by atoms with Crippen LogP contribution in [0.15, 0.2) is 39.8 Å². The lowest BCUT2D eigenvalue weighted by Crippen LogP contribution is -2.05. The van der Waals surface area contributed by atoms with Crippen molar-refractivity contribution in [2.24, 2.45) is 0 Å². The molecule has 0 bridgehead atoms. The van der Waals surface area contributed by atoms with Crippen molar-refractivity contribution in [1.82, 2.24) is 0 Å². The first-order valence-corrected chi connectivity index (χ1v) is 6.95. The van der Waals surface area contributed by atoms with Crippen molar-refractivity contribution in [3.05, 3.63) is 47.4 Å². The molecule has 0 saturated heterocycles. The van der Waals surface area contributed by atoms with E-state index in [9.17, 15) is 4.79 Å². The Morgan fingerprint density at radius 3 is 2.74 bits per heavy atom. The maximum atomic E-state index is 12.2. The van der Waals surface area contributed by atoms with Crippen LogP contribution in [0.2, 0.25) is 0 Å². The van der Waals surface area contributed by atoms with Crippen LogP contribution in [-0.4, -0.2) is 18.6 Å². The zero-order chi connectivity index (χ0) is 13.8. The minimum atomic E-state index is 0.0578. The van der Waals surface area contributed by atoms with Gasteiger partial charge in [-0.05, 0) is 37.6 Å². The van der Waals surface area contributed by atoms with Crippen LogP contribution in [0.4, 0.5) is 0 Å². The smallest absolute Gasteiger partial charge is 0.176 e. The van der Waals surface area contributed by atoms with Crippen LogP contribution in [0.5, 0.6) is 5.75 Å². The molecule has 0 aliphatic carbocycles. The third-order valence-electron chi connectivity index (χ3n) is 2.83. The molecule has 0 aliphatic rings. The Kier molecular flexibility index (Phi) is 4.32. The molecule has 0 unspecified atom stereocenters. The molecule has 3 nitrogen and oxygen atoms in total. The van der Waals surface area contributed by atoms with Crippen LogP contribution in [0.3, 0.4) is 0 Å². The van der Waals surface area contributed by atoms with Crippen molar-refractivity contribution >= 4 is 17.5 Å². The van der Waals surface area contributed by atoms with Gasteiger partial charge in [0, 0.05) is 4.90 Å². The number of furan rings is 1. The summed E-state index contributed by atoms with van der Waals surface area (Å²) in [5, 5.41) is 0.